The number of carbonyl (C=O) groups is 1. The van der Waals surface area contributed by atoms with Crippen LogP contribution in [0, 0.1) is 0 Å². The summed E-state index contributed by atoms with van der Waals surface area (Å²) in [5.74, 6) is 0.728. The maximum Gasteiger partial charge on any atom is 0.253 e. The van der Waals surface area contributed by atoms with Gasteiger partial charge in [0.2, 0.25) is 0 Å². The fourth-order valence-corrected chi connectivity index (χ4v) is 1.14. The van der Waals surface area contributed by atoms with E-state index in [1.54, 1.807) is 31.1 Å². The van der Waals surface area contributed by atoms with Crippen molar-refractivity contribution in [3.63, 3.8) is 0 Å². The topological polar surface area (TPSA) is 29.5 Å². The molecule has 1 amide bonds. The van der Waals surface area contributed by atoms with Gasteiger partial charge >= 0.3 is 0 Å². The molecule has 1 rings (SSSR count). The minimum absolute atomic E-state index is 0.00782. The molecule has 1 aromatic carbocycles. The lowest BCUT2D eigenvalue weighted by molar-refractivity contribution is 0.0827. The summed E-state index contributed by atoms with van der Waals surface area (Å²) in [6.07, 6.45) is 0. The molecule has 0 unspecified atom stereocenters. The number of rotatable bonds is 3. The summed E-state index contributed by atoms with van der Waals surface area (Å²) in [5, 5.41) is 0. The third-order valence-electron chi connectivity index (χ3n) is 1.80. The second-order valence-corrected chi connectivity index (χ2v) is 3.16. The molecule has 0 aromatic heterocycles. The van der Waals surface area contributed by atoms with Crippen LogP contribution in [0.2, 0.25) is 0 Å². The van der Waals surface area contributed by atoms with E-state index in [1.165, 1.54) is 0 Å². The van der Waals surface area contributed by atoms with Crippen molar-refractivity contribution in [1.29, 1.82) is 0 Å². The summed E-state index contributed by atoms with van der Waals surface area (Å²) < 4.78 is 5.31. The highest BCUT2D eigenvalue weighted by atomic mass is 16.5. The Hall–Kier alpha value is -1.51. The van der Waals surface area contributed by atoms with Crippen molar-refractivity contribution in [2.24, 2.45) is 0 Å². The Kier molecular flexibility index (Phi) is 3.51. The molecule has 1 aromatic rings. The number of ether oxygens (including phenoxy) is 1. The van der Waals surface area contributed by atoms with Crippen LogP contribution in [0.3, 0.4) is 0 Å². The summed E-state index contributed by atoms with van der Waals surface area (Å²) >= 11 is 0. The minimum atomic E-state index is -0.00782. The molecule has 0 saturated carbocycles. The van der Waals surface area contributed by atoms with Gasteiger partial charge in [-0.3, -0.25) is 4.79 Å². The highest BCUT2D eigenvalue weighted by Gasteiger charge is 2.07. The molecule has 76 valence electrons. The van der Waals surface area contributed by atoms with Crippen LogP contribution in [0.4, 0.5) is 0 Å². The Morgan fingerprint density at radius 1 is 1.43 bits per heavy atom. The largest absolute Gasteiger partial charge is 0.494 e. The van der Waals surface area contributed by atoms with Crippen LogP contribution in [0.15, 0.2) is 24.3 Å². The van der Waals surface area contributed by atoms with Crippen LogP contribution in [-0.4, -0.2) is 31.5 Å². The average molecular weight is 193 g/mol. The molecule has 0 bridgehead atoms. The lowest BCUT2D eigenvalue weighted by Gasteiger charge is -2.11. The van der Waals surface area contributed by atoms with Gasteiger partial charge in [0.15, 0.2) is 0 Å². The summed E-state index contributed by atoms with van der Waals surface area (Å²) in [6, 6.07) is 7.20. The third kappa shape index (κ3) is 2.49. The maximum atomic E-state index is 11.6. The summed E-state index contributed by atoms with van der Waals surface area (Å²) in [7, 11) is 3.46. The molecular weight excluding hydrogens is 178 g/mol. The van der Waals surface area contributed by atoms with E-state index >= 15 is 0 Å². The quantitative estimate of drug-likeness (QED) is 0.732. The Morgan fingerprint density at radius 3 is 2.71 bits per heavy atom. The van der Waals surface area contributed by atoms with Crippen molar-refractivity contribution in [1.82, 2.24) is 4.90 Å². The zero-order valence-corrected chi connectivity index (χ0v) is 8.78. The van der Waals surface area contributed by atoms with Gasteiger partial charge in [-0.1, -0.05) is 6.07 Å². The first-order chi connectivity index (χ1) is 6.65. The number of benzene rings is 1. The molecular formula is C11H15NO2. The van der Waals surface area contributed by atoms with Crippen LogP contribution in [0.25, 0.3) is 0 Å². The first kappa shape index (κ1) is 10.6. The zero-order chi connectivity index (χ0) is 10.6. The van der Waals surface area contributed by atoms with Gasteiger partial charge in [-0.25, -0.2) is 0 Å². The fraction of sp³-hybridized carbons (Fsp3) is 0.364. The molecule has 0 fully saturated rings. The molecule has 0 aliphatic rings. The molecule has 14 heavy (non-hydrogen) atoms. The van der Waals surface area contributed by atoms with Gasteiger partial charge in [-0.05, 0) is 25.1 Å². The molecule has 0 atom stereocenters. The number of hydrogen-bond acceptors (Lipinski definition) is 2. The number of nitrogens with zero attached hydrogens (tertiary/aromatic N) is 1. The SMILES string of the molecule is CCOc1cccc(C(=O)N(C)C)c1. The van der Waals surface area contributed by atoms with Crippen LogP contribution in [0.5, 0.6) is 5.75 Å². The lowest BCUT2D eigenvalue weighted by Crippen LogP contribution is -2.21. The number of hydrogen-bond donors (Lipinski definition) is 0. The molecule has 0 radical (unpaired) electrons. The van der Waals surface area contributed by atoms with Gasteiger partial charge in [-0.15, -0.1) is 0 Å². The van der Waals surface area contributed by atoms with Gasteiger partial charge in [0, 0.05) is 19.7 Å². The molecule has 0 heterocycles. The van der Waals surface area contributed by atoms with Crippen LogP contribution in [0.1, 0.15) is 17.3 Å². The molecule has 0 N–H and O–H groups in total. The smallest absolute Gasteiger partial charge is 0.253 e. The summed E-state index contributed by atoms with van der Waals surface area (Å²) in [4.78, 5) is 13.1. The van der Waals surface area contributed by atoms with E-state index in [0.29, 0.717) is 12.2 Å². The normalized spacial score (nSPS) is 9.64. The van der Waals surface area contributed by atoms with E-state index in [-0.39, 0.29) is 5.91 Å². The molecule has 3 nitrogen and oxygen atoms in total. The van der Waals surface area contributed by atoms with Crippen LogP contribution < -0.4 is 4.74 Å². The molecule has 0 spiro atoms. The molecule has 3 heteroatoms. The van der Waals surface area contributed by atoms with Crippen molar-refractivity contribution in [3.05, 3.63) is 29.8 Å². The van der Waals surface area contributed by atoms with E-state index in [4.69, 9.17) is 4.74 Å². The van der Waals surface area contributed by atoms with E-state index in [0.717, 1.165) is 5.75 Å². The highest BCUT2D eigenvalue weighted by Crippen LogP contribution is 2.14. The Morgan fingerprint density at radius 2 is 2.14 bits per heavy atom. The van der Waals surface area contributed by atoms with Crippen molar-refractivity contribution in [2.75, 3.05) is 20.7 Å². The Balaban J connectivity index is 2.88. The van der Waals surface area contributed by atoms with Crippen LogP contribution >= 0.6 is 0 Å². The van der Waals surface area contributed by atoms with Crippen LogP contribution in [-0.2, 0) is 0 Å². The van der Waals surface area contributed by atoms with Crippen molar-refractivity contribution >= 4 is 5.91 Å². The Labute approximate surface area is 84.3 Å². The predicted octanol–water partition coefficient (Wildman–Crippen LogP) is 1.79. The van der Waals surface area contributed by atoms with Gasteiger partial charge in [-0.2, -0.15) is 0 Å². The van der Waals surface area contributed by atoms with E-state index < -0.39 is 0 Å². The third-order valence-corrected chi connectivity index (χ3v) is 1.80. The van der Waals surface area contributed by atoms with Crippen molar-refractivity contribution in [2.45, 2.75) is 6.92 Å². The van der Waals surface area contributed by atoms with Gasteiger partial charge in [0.1, 0.15) is 5.75 Å². The van der Waals surface area contributed by atoms with Gasteiger partial charge < -0.3 is 9.64 Å². The van der Waals surface area contributed by atoms with Crippen molar-refractivity contribution < 1.29 is 9.53 Å². The van der Waals surface area contributed by atoms with E-state index in [2.05, 4.69) is 0 Å². The number of carbonyl (C=O) groups excluding carboxylic acids is 1. The molecule has 0 aliphatic carbocycles. The second-order valence-electron chi connectivity index (χ2n) is 3.16. The maximum absolute atomic E-state index is 11.6. The highest BCUT2D eigenvalue weighted by molar-refractivity contribution is 5.94. The monoisotopic (exact) mass is 193 g/mol. The first-order valence-electron chi connectivity index (χ1n) is 4.59. The average Bonchev–Trinajstić information content (AvgIpc) is 2.17. The summed E-state index contributed by atoms with van der Waals surface area (Å²) in [6.45, 7) is 2.53. The first-order valence-corrected chi connectivity index (χ1v) is 4.59. The second kappa shape index (κ2) is 4.65. The Bertz CT molecular complexity index is 321. The number of amides is 1. The predicted molar refractivity (Wildman–Crippen MR) is 55.6 cm³/mol. The molecule has 0 aliphatic heterocycles. The zero-order valence-electron chi connectivity index (χ0n) is 8.78. The molecule has 0 saturated heterocycles. The minimum Gasteiger partial charge on any atom is -0.494 e. The van der Waals surface area contributed by atoms with Gasteiger partial charge in [0.25, 0.3) is 5.91 Å². The fourth-order valence-electron chi connectivity index (χ4n) is 1.14. The summed E-state index contributed by atoms with van der Waals surface area (Å²) in [5.41, 5.74) is 0.654. The lowest BCUT2D eigenvalue weighted by atomic mass is 10.2. The van der Waals surface area contributed by atoms with E-state index in [1.807, 2.05) is 19.1 Å². The van der Waals surface area contributed by atoms with E-state index in [9.17, 15) is 4.79 Å². The standard InChI is InChI=1S/C11H15NO2/c1-4-14-10-7-5-6-9(8-10)11(13)12(2)3/h5-8H,4H2,1-3H3. The van der Waals surface area contributed by atoms with Crippen molar-refractivity contribution in [3.8, 4) is 5.75 Å². The van der Waals surface area contributed by atoms with Gasteiger partial charge in [0.05, 0.1) is 6.61 Å².